The van der Waals surface area contributed by atoms with Gasteiger partial charge in [-0.1, -0.05) is 0 Å². The third-order valence-corrected chi connectivity index (χ3v) is 3.87. The maximum absolute atomic E-state index is 11.2. The topological polar surface area (TPSA) is 83.9 Å². The molecule has 1 aliphatic heterocycles. The fraction of sp³-hybridized carbons (Fsp3) is 0.857. The normalized spacial score (nSPS) is 21.1. The summed E-state index contributed by atoms with van der Waals surface area (Å²) in [5.74, 6) is -0.861. The smallest absolute Gasteiger partial charge is 0.329 e. The average molecular weight is 223 g/mol. The number of aliphatic carboxylic acids is 1. The van der Waals surface area contributed by atoms with Gasteiger partial charge in [0.2, 0.25) is 10.0 Å². The number of carboxylic acids is 1. The molecule has 0 aromatic heterocycles. The molecule has 1 rings (SSSR count). The van der Waals surface area contributed by atoms with Crippen molar-refractivity contribution in [1.29, 1.82) is 0 Å². The Hall–Kier alpha value is -0.660. The number of carbonyl (C=O) groups is 1. The van der Waals surface area contributed by atoms with Gasteiger partial charge in [0.25, 0.3) is 0 Å². The van der Waals surface area contributed by atoms with E-state index in [9.17, 15) is 13.2 Å². The van der Waals surface area contributed by atoms with E-state index in [4.69, 9.17) is 9.84 Å². The minimum absolute atomic E-state index is 0.130. The van der Waals surface area contributed by atoms with Crippen LogP contribution >= 0.6 is 0 Å². The summed E-state index contributed by atoms with van der Waals surface area (Å²) >= 11 is 0. The molecule has 1 saturated heterocycles. The van der Waals surface area contributed by atoms with Crippen LogP contribution in [0.5, 0.6) is 0 Å². The predicted molar refractivity (Wildman–Crippen MR) is 48.4 cm³/mol. The van der Waals surface area contributed by atoms with Gasteiger partial charge in [-0.25, -0.2) is 13.2 Å². The summed E-state index contributed by atoms with van der Waals surface area (Å²) in [5.41, 5.74) is 0. The molecule has 0 unspecified atom stereocenters. The zero-order valence-corrected chi connectivity index (χ0v) is 8.49. The molecule has 0 aliphatic carbocycles. The molecule has 1 aliphatic rings. The van der Waals surface area contributed by atoms with Gasteiger partial charge in [0.1, 0.15) is 6.61 Å². The zero-order valence-electron chi connectivity index (χ0n) is 7.68. The van der Waals surface area contributed by atoms with Crippen molar-refractivity contribution in [2.24, 2.45) is 0 Å². The van der Waals surface area contributed by atoms with E-state index in [0.29, 0.717) is 13.0 Å². The first-order valence-electron chi connectivity index (χ1n) is 4.30. The molecular formula is C7H13NO5S. The third-order valence-electron chi connectivity index (χ3n) is 1.91. The van der Waals surface area contributed by atoms with Crippen LogP contribution in [0.4, 0.5) is 0 Å². The summed E-state index contributed by atoms with van der Waals surface area (Å²) in [7, 11) is -3.08. The Balaban J connectivity index is 2.22. The Bertz CT molecular complexity index is 299. The molecule has 6 nitrogen and oxygen atoms in total. The van der Waals surface area contributed by atoms with Crippen LogP contribution in [-0.2, 0) is 19.6 Å². The summed E-state index contributed by atoms with van der Waals surface area (Å²) in [6, 6.07) is 0. The lowest BCUT2D eigenvalue weighted by Gasteiger charge is -2.13. The molecule has 0 atom stereocenters. The van der Waals surface area contributed by atoms with Crippen molar-refractivity contribution >= 4 is 16.0 Å². The number of sulfonamides is 1. The largest absolute Gasteiger partial charge is 0.480 e. The van der Waals surface area contributed by atoms with E-state index in [-0.39, 0.29) is 25.5 Å². The first-order chi connectivity index (χ1) is 6.52. The van der Waals surface area contributed by atoms with E-state index in [1.807, 2.05) is 0 Å². The van der Waals surface area contributed by atoms with Crippen LogP contribution in [0.1, 0.15) is 6.42 Å². The van der Waals surface area contributed by atoms with E-state index in [1.165, 1.54) is 4.31 Å². The highest BCUT2D eigenvalue weighted by Crippen LogP contribution is 2.11. The van der Waals surface area contributed by atoms with Crippen LogP contribution in [0.25, 0.3) is 0 Å². The molecule has 14 heavy (non-hydrogen) atoms. The first-order valence-corrected chi connectivity index (χ1v) is 5.90. The fourth-order valence-corrected chi connectivity index (χ4v) is 2.78. The minimum Gasteiger partial charge on any atom is -0.480 e. The van der Waals surface area contributed by atoms with Gasteiger partial charge in [0.05, 0.1) is 12.4 Å². The molecule has 0 aromatic carbocycles. The van der Waals surface area contributed by atoms with Crippen molar-refractivity contribution in [2.75, 3.05) is 32.1 Å². The molecule has 0 radical (unpaired) electrons. The van der Waals surface area contributed by atoms with Crippen LogP contribution in [0.15, 0.2) is 0 Å². The van der Waals surface area contributed by atoms with Gasteiger partial charge < -0.3 is 9.84 Å². The van der Waals surface area contributed by atoms with Crippen LogP contribution in [0.3, 0.4) is 0 Å². The molecule has 1 heterocycles. The van der Waals surface area contributed by atoms with Crippen molar-refractivity contribution in [3.63, 3.8) is 0 Å². The Kier molecular flexibility index (Phi) is 3.85. The van der Waals surface area contributed by atoms with Gasteiger partial charge in [-0.3, -0.25) is 0 Å². The minimum atomic E-state index is -3.08. The fourth-order valence-electron chi connectivity index (χ4n) is 1.27. The molecule has 1 fully saturated rings. The van der Waals surface area contributed by atoms with Crippen molar-refractivity contribution in [3.05, 3.63) is 0 Å². The highest BCUT2D eigenvalue weighted by atomic mass is 32.2. The van der Waals surface area contributed by atoms with Gasteiger partial charge in [-0.05, 0) is 6.42 Å². The Morgan fingerprint density at radius 2 is 2.21 bits per heavy atom. The molecule has 0 bridgehead atoms. The number of ether oxygens (including phenoxy) is 1. The second-order valence-corrected chi connectivity index (χ2v) is 5.10. The molecule has 0 amide bonds. The Morgan fingerprint density at radius 3 is 2.71 bits per heavy atom. The second kappa shape index (κ2) is 4.72. The number of nitrogens with zero attached hydrogens (tertiary/aromatic N) is 1. The Morgan fingerprint density at radius 1 is 1.50 bits per heavy atom. The lowest BCUT2D eigenvalue weighted by atomic mass is 10.5. The van der Waals surface area contributed by atoms with Crippen LogP contribution in [-0.4, -0.2) is 55.9 Å². The lowest BCUT2D eigenvalue weighted by molar-refractivity contribution is -0.142. The standard InChI is InChI=1S/C7H13NO5S/c9-7(10)6-13-4-3-8-2-1-5-14(8,11)12/h1-6H2,(H,9,10). The van der Waals surface area contributed by atoms with Crippen molar-refractivity contribution in [2.45, 2.75) is 6.42 Å². The number of carboxylic acid groups (broad SMARTS) is 1. The Labute approximate surface area is 82.5 Å². The van der Waals surface area contributed by atoms with Crippen molar-refractivity contribution in [3.8, 4) is 0 Å². The average Bonchev–Trinajstić information content (AvgIpc) is 2.39. The SMILES string of the molecule is O=C(O)COCCN1CCCS1(=O)=O. The first kappa shape index (κ1) is 11.4. The molecule has 0 saturated carbocycles. The van der Waals surface area contributed by atoms with E-state index >= 15 is 0 Å². The zero-order chi connectivity index (χ0) is 10.6. The van der Waals surface area contributed by atoms with Gasteiger partial charge in [0, 0.05) is 13.1 Å². The van der Waals surface area contributed by atoms with E-state index in [2.05, 4.69) is 0 Å². The molecule has 0 spiro atoms. The summed E-state index contributed by atoms with van der Waals surface area (Å²) in [6.07, 6.45) is 0.640. The molecule has 0 aromatic rings. The lowest BCUT2D eigenvalue weighted by Crippen LogP contribution is -2.29. The molecular weight excluding hydrogens is 210 g/mol. The number of hydrogen-bond donors (Lipinski definition) is 1. The number of hydrogen-bond acceptors (Lipinski definition) is 4. The summed E-state index contributed by atoms with van der Waals surface area (Å²) in [4.78, 5) is 10.1. The summed E-state index contributed by atoms with van der Waals surface area (Å²) in [6.45, 7) is 0.508. The summed E-state index contributed by atoms with van der Waals surface area (Å²) < 4.78 is 28.6. The molecule has 1 N–H and O–H groups in total. The van der Waals surface area contributed by atoms with Crippen molar-refractivity contribution < 1.29 is 23.1 Å². The summed E-state index contributed by atoms with van der Waals surface area (Å²) in [5, 5.41) is 8.25. The molecule has 7 heteroatoms. The van der Waals surface area contributed by atoms with Gasteiger partial charge in [0.15, 0.2) is 0 Å². The van der Waals surface area contributed by atoms with Gasteiger partial charge in [-0.15, -0.1) is 0 Å². The monoisotopic (exact) mass is 223 g/mol. The second-order valence-electron chi connectivity index (χ2n) is 3.01. The van der Waals surface area contributed by atoms with Gasteiger partial charge >= 0.3 is 5.97 Å². The maximum atomic E-state index is 11.2. The third kappa shape index (κ3) is 3.24. The predicted octanol–water partition coefficient (Wildman–Crippen LogP) is -0.877. The maximum Gasteiger partial charge on any atom is 0.329 e. The highest BCUT2D eigenvalue weighted by Gasteiger charge is 2.27. The number of rotatable bonds is 5. The van der Waals surface area contributed by atoms with Crippen LogP contribution < -0.4 is 0 Å². The quantitative estimate of drug-likeness (QED) is 0.612. The van der Waals surface area contributed by atoms with E-state index in [0.717, 1.165) is 0 Å². The van der Waals surface area contributed by atoms with E-state index < -0.39 is 16.0 Å². The van der Waals surface area contributed by atoms with Crippen molar-refractivity contribution in [1.82, 2.24) is 4.31 Å². The molecule has 82 valence electrons. The van der Waals surface area contributed by atoms with Crippen LogP contribution in [0.2, 0.25) is 0 Å². The van der Waals surface area contributed by atoms with Crippen LogP contribution in [0, 0.1) is 0 Å². The van der Waals surface area contributed by atoms with Gasteiger partial charge in [-0.2, -0.15) is 4.31 Å². The van der Waals surface area contributed by atoms with E-state index in [1.54, 1.807) is 0 Å². The highest BCUT2D eigenvalue weighted by molar-refractivity contribution is 7.89.